The van der Waals surface area contributed by atoms with Gasteiger partial charge in [-0.05, 0) is 31.0 Å². The van der Waals surface area contributed by atoms with Crippen LogP contribution in [-0.2, 0) is 11.3 Å². The Morgan fingerprint density at radius 2 is 2.32 bits per heavy atom. The van der Waals surface area contributed by atoms with E-state index < -0.39 is 5.97 Å². The molecule has 0 unspecified atom stereocenters. The maximum absolute atomic E-state index is 11.6. The molecule has 2 aromatic rings. The fourth-order valence-corrected chi connectivity index (χ4v) is 1.74. The zero-order valence-electron chi connectivity index (χ0n) is 11.0. The smallest absolute Gasteiger partial charge is 0.360 e. The number of hydrogen-bond donors (Lipinski definition) is 1. The first-order valence-corrected chi connectivity index (χ1v) is 6.00. The molecule has 2 N–H and O–H groups in total. The average molecular weight is 260 g/mol. The molecule has 0 saturated heterocycles. The first kappa shape index (κ1) is 13.1. The number of aryl methyl sites for hydroxylation is 1. The standard InChI is InChI=1S/C13H16N4O2/c1-3-19-13(18)11-12(14)17(8-16-11)7-10-4-5-15-6-9(10)2/h4-6,8H,3,7,14H2,1-2H3. The van der Waals surface area contributed by atoms with Gasteiger partial charge in [-0.2, -0.15) is 0 Å². The highest BCUT2D eigenvalue weighted by molar-refractivity contribution is 5.92. The molecule has 6 heteroatoms. The summed E-state index contributed by atoms with van der Waals surface area (Å²) in [4.78, 5) is 19.7. The van der Waals surface area contributed by atoms with E-state index in [1.807, 2.05) is 13.0 Å². The molecule has 0 saturated carbocycles. The van der Waals surface area contributed by atoms with Gasteiger partial charge in [0.05, 0.1) is 19.5 Å². The monoisotopic (exact) mass is 260 g/mol. The van der Waals surface area contributed by atoms with E-state index in [-0.39, 0.29) is 5.69 Å². The number of aromatic nitrogens is 3. The van der Waals surface area contributed by atoms with Gasteiger partial charge in [-0.15, -0.1) is 0 Å². The largest absolute Gasteiger partial charge is 0.461 e. The van der Waals surface area contributed by atoms with Crippen molar-refractivity contribution in [3.05, 3.63) is 41.6 Å². The Bertz CT molecular complexity index is 592. The average Bonchev–Trinajstić information content (AvgIpc) is 2.74. The number of pyridine rings is 1. The summed E-state index contributed by atoms with van der Waals surface area (Å²) < 4.78 is 6.61. The first-order valence-electron chi connectivity index (χ1n) is 6.00. The number of carbonyl (C=O) groups excluding carboxylic acids is 1. The summed E-state index contributed by atoms with van der Waals surface area (Å²) in [5, 5.41) is 0. The van der Waals surface area contributed by atoms with E-state index >= 15 is 0 Å². The SMILES string of the molecule is CCOC(=O)c1ncn(Cc2ccncc2C)c1N. The Morgan fingerprint density at radius 3 is 3.00 bits per heavy atom. The molecule has 6 nitrogen and oxygen atoms in total. The van der Waals surface area contributed by atoms with E-state index in [4.69, 9.17) is 10.5 Å². The van der Waals surface area contributed by atoms with E-state index in [1.54, 1.807) is 30.2 Å². The van der Waals surface area contributed by atoms with Crippen LogP contribution < -0.4 is 5.73 Å². The fraction of sp³-hybridized carbons (Fsp3) is 0.308. The molecule has 0 radical (unpaired) electrons. The van der Waals surface area contributed by atoms with Crippen molar-refractivity contribution in [2.75, 3.05) is 12.3 Å². The minimum atomic E-state index is -0.495. The van der Waals surface area contributed by atoms with Crippen LogP contribution in [0, 0.1) is 6.92 Å². The number of hydrogen-bond acceptors (Lipinski definition) is 5. The van der Waals surface area contributed by atoms with Crippen molar-refractivity contribution in [1.29, 1.82) is 0 Å². The molecule has 0 bridgehead atoms. The highest BCUT2D eigenvalue weighted by Crippen LogP contribution is 2.15. The molecule has 2 heterocycles. The predicted octanol–water partition coefficient (Wildman–Crippen LogP) is 1.39. The second kappa shape index (κ2) is 5.51. The number of rotatable bonds is 4. The lowest BCUT2D eigenvalue weighted by molar-refractivity contribution is 0.0521. The van der Waals surface area contributed by atoms with Gasteiger partial charge in [-0.1, -0.05) is 0 Å². The fourth-order valence-electron chi connectivity index (χ4n) is 1.74. The van der Waals surface area contributed by atoms with Gasteiger partial charge in [0.1, 0.15) is 5.82 Å². The van der Waals surface area contributed by atoms with Crippen LogP contribution in [0.4, 0.5) is 5.82 Å². The van der Waals surface area contributed by atoms with E-state index in [0.717, 1.165) is 11.1 Å². The van der Waals surface area contributed by atoms with Crippen LogP contribution in [0.25, 0.3) is 0 Å². The summed E-state index contributed by atoms with van der Waals surface area (Å²) in [5.74, 6) is -0.181. The van der Waals surface area contributed by atoms with Gasteiger partial charge < -0.3 is 15.0 Å². The van der Waals surface area contributed by atoms with Crippen molar-refractivity contribution in [2.45, 2.75) is 20.4 Å². The zero-order chi connectivity index (χ0) is 13.8. The second-order valence-corrected chi connectivity index (χ2v) is 4.13. The molecule has 0 aliphatic rings. The van der Waals surface area contributed by atoms with Crippen LogP contribution in [0.2, 0.25) is 0 Å². The van der Waals surface area contributed by atoms with E-state index in [1.165, 1.54) is 0 Å². The van der Waals surface area contributed by atoms with Gasteiger partial charge in [-0.25, -0.2) is 9.78 Å². The molecule has 0 atom stereocenters. The summed E-state index contributed by atoms with van der Waals surface area (Å²) in [6, 6.07) is 1.92. The van der Waals surface area contributed by atoms with Crippen LogP contribution in [0.5, 0.6) is 0 Å². The summed E-state index contributed by atoms with van der Waals surface area (Å²) in [7, 11) is 0. The van der Waals surface area contributed by atoms with Crippen LogP contribution >= 0.6 is 0 Å². The Labute approximate surface area is 111 Å². The molecule has 0 aromatic carbocycles. The van der Waals surface area contributed by atoms with Crippen LogP contribution in [0.3, 0.4) is 0 Å². The molecule has 0 fully saturated rings. The molecule has 100 valence electrons. The topological polar surface area (TPSA) is 83.0 Å². The Balaban J connectivity index is 2.23. The number of carbonyl (C=O) groups is 1. The third kappa shape index (κ3) is 2.73. The summed E-state index contributed by atoms with van der Waals surface area (Å²) in [6.07, 6.45) is 5.05. The second-order valence-electron chi connectivity index (χ2n) is 4.13. The number of nitrogens with zero attached hydrogens (tertiary/aromatic N) is 3. The maximum atomic E-state index is 11.6. The van der Waals surface area contributed by atoms with Crippen LogP contribution in [-0.4, -0.2) is 27.1 Å². The van der Waals surface area contributed by atoms with Gasteiger partial charge in [0.2, 0.25) is 0 Å². The Hall–Kier alpha value is -2.37. The molecular weight excluding hydrogens is 244 g/mol. The molecule has 2 aromatic heterocycles. The number of esters is 1. The predicted molar refractivity (Wildman–Crippen MR) is 70.7 cm³/mol. The minimum absolute atomic E-state index is 0.161. The van der Waals surface area contributed by atoms with Crippen molar-refractivity contribution in [2.24, 2.45) is 0 Å². The van der Waals surface area contributed by atoms with E-state index in [0.29, 0.717) is 19.0 Å². The van der Waals surface area contributed by atoms with Crippen LogP contribution in [0.1, 0.15) is 28.5 Å². The lowest BCUT2D eigenvalue weighted by atomic mass is 10.1. The molecule has 19 heavy (non-hydrogen) atoms. The van der Waals surface area contributed by atoms with Crippen LogP contribution in [0.15, 0.2) is 24.8 Å². The quantitative estimate of drug-likeness (QED) is 0.840. The number of ether oxygens (including phenoxy) is 1. The Morgan fingerprint density at radius 1 is 1.53 bits per heavy atom. The summed E-state index contributed by atoms with van der Waals surface area (Å²) in [5.41, 5.74) is 8.22. The maximum Gasteiger partial charge on any atom is 0.360 e. The lowest BCUT2D eigenvalue weighted by Crippen LogP contribution is -2.10. The number of imidazole rings is 1. The van der Waals surface area contributed by atoms with Crippen molar-refractivity contribution in [1.82, 2.24) is 14.5 Å². The first-order chi connectivity index (χ1) is 9.13. The van der Waals surface area contributed by atoms with Crippen molar-refractivity contribution >= 4 is 11.8 Å². The van der Waals surface area contributed by atoms with E-state index in [9.17, 15) is 4.79 Å². The minimum Gasteiger partial charge on any atom is -0.461 e. The van der Waals surface area contributed by atoms with Crippen molar-refractivity contribution in [3.63, 3.8) is 0 Å². The number of anilines is 1. The molecule has 2 rings (SSSR count). The summed E-state index contributed by atoms with van der Waals surface area (Å²) >= 11 is 0. The van der Waals surface area contributed by atoms with E-state index in [2.05, 4.69) is 9.97 Å². The third-order valence-electron chi connectivity index (χ3n) is 2.82. The van der Waals surface area contributed by atoms with Gasteiger partial charge in [0.25, 0.3) is 0 Å². The molecule has 0 aliphatic heterocycles. The molecule has 0 amide bonds. The highest BCUT2D eigenvalue weighted by Gasteiger charge is 2.17. The normalized spacial score (nSPS) is 10.4. The lowest BCUT2D eigenvalue weighted by Gasteiger charge is -2.08. The Kier molecular flexibility index (Phi) is 3.79. The van der Waals surface area contributed by atoms with Gasteiger partial charge in [-0.3, -0.25) is 4.98 Å². The number of nitrogen functional groups attached to an aromatic ring is 1. The third-order valence-corrected chi connectivity index (χ3v) is 2.82. The van der Waals surface area contributed by atoms with Crippen molar-refractivity contribution in [3.8, 4) is 0 Å². The van der Waals surface area contributed by atoms with Gasteiger partial charge in [0, 0.05) is 12.4 Å². The summed E-state index contributed by atoms with van der Waals surface area (Å²) in [6.45, 7) is 4.56. The van der Waals surface area contributed by atoms with Crippen molar-refractivity contribution < 1.29 is 9.53 Å². The highest BCUT2D eigenvalue weighted by atomic mass is 16.5. The zero-order valence-corrected chi connectivity index (χ0v) is 11.0. The molecule has 0 aliphatic carbocycles. The number of nitrogens with two attached hydrogens (primary N) is 1. The van der Waals surface area contributed by atoms with Gasteiger partial charge in [0.15, 0.2) is 5.69 Å². The molecular formula is C13H16N4O2. The molecule has 0 spiro atoms. The van der Waals surface area contributed by atoms with Gasteiger partial charge >= 0.3 is 5.97 Å².